The van der Waals surface area contributed by atoms with E-state index in [-0.39, 0.29) is 11.7 Å². The summed E-state index contributed by atoms with van der Waals surface area (Å²) < 4.78 is 0. The zero-order valence-corrected chi connectivity index (χ0v) is 10.1. The molecule has 0 saturated heterocycles. The number of hydrogen-bond donors (Lipinski definition) is 0. The van der Waals surface area contributed by atoms with Crippen molar-refractivity contribution in [3.63, 3.8) is 0 Å². The van der Waals surface area contributed by atoms with Gasteiger partial charge in [-0.2, -0.15) is 10.2 Å². The zero-order chi connectivity index (χ0) is 12.3. The molecule has 0 aliphatic heterocycles. The Morgan fingerprint density at radius 1 is 1.24 bits per heavy atom. The maximum absolute atomic E-state index is 11.4. The van der Waals surface area contributed by atoms with Gasteiger partial charge in [0.05, 0.1) is 11.6 Å². The quantitative estimate of drug-likeness (QED) is 0.618. The van der Waals surface area contributed by atoms with E-state index in [9.17, 15) is 4.79 Å². The molecule has 2 rings (SSSR count). The van der Waals surface area contributed by atoms with E-state index < -0.39 is 0 Å². The fraction of sp³-hybridized carbons (Fsp3) is 0.154. The highest BCUT2D eigenvalue weighted by atomic mass is 35.5. The van der Waals surface area contributed by atoms with Crippen LogP contribution in [-0.4, -0.2) is 21.9 Å². The summed E-state index contributed by atoms with van der Waals surface area (Å²) in [6.07, 6.45) is 1.66. The van der Waals surface area contributed by atoms with Crippen LogP contribution < -0.4 is 0 Å². The second-order valence-corrected chi connectivity index (χ2v) is 3.96. The molecule has 0 bridgehead atoms. The molecule has 1 aromatic carbocycles. The fourth-order valence-corrected chi connectivity index (χ4v) is 1.72. The number of alkyl halides is 1. The second kappa shape index (κ2) is 5.06. The Morgan fingerprint density at radius 3 is 2.53 bits per heavy atom. The van der Waals surface area contributed by atoms with Gasteiger partial charge in [0, 0.05) is 17.3 Å². The topological polar surface area (TPSA) is 42.9 Å². The van der Waals surface area contributed by atoms with E-state index in [1.54, 1.807) is 18.3 Å². The van der Waals surface area contributed by atoms with Gasteiger partial charge >= 0.3 is 0 Å². The van der Waals surface area contributed by atoms with Crippen molar-refractivity contribution in [1.82, 2.24) is 10.2 Å². The third kappa shape index (κ3) is 2.50. The Kier molecular flexibility index (Phi) is 3.49. The molecule has 0 N–H and O–H groups in total. The van der Waals surface area contributed by atoms with Crippen molar-refractivity contribution in [3.8, 4) is 11.3 Å². The summed E-state index contributed by atoms with van der Waals surface area (Å²) in [5.74, 6) is -0.0714. The van der Waals surface area contributed by atoms with E-state index in [0.717, 1.165) is 16.8 Å². The number of Topliss-reactive ketones (excluding diaryl/α,β-unsaturated/α-hetero) is 1. The number of carbonyl (C=O) groups excluding carboxylic acids is 1. The molecule has 4 heteroatoms. The molecule has 0 atom stereocenters. The minimum absolute atomic E-state index is 0.00349. The number of benzene rings is 1. The molecule has 1 aromatic heterocycles. The van der Waals surface area contributed by atoms with E-state index in [2.05, 4.69) is 10.2 Å². The van der Waals surface area contributed by atoms with E-state index in [0.29, 0.717) is 5.56 Å². The van der Waals surface area contributed by atoms with Crippen molar-refractivity contribution >= 4 is 17.4 Å². The molecular weight excluding hydrogens is 236 g/mol. The SMILES string of the molecule is Cc1ccnnc1-c1ccc(C(=O)CCl)cc1. The van der Waals surface area contributed by atoms with Crippen LogP contribution in [0.25, 0.3) is 11.3 Å². The number of rotatable bonds is 3. The number of aryl methyl sites for hydroxylation is 1. The third-order valence-corrected chi connectivity index (χ3v) is 2.77. The molecule has 86 valence electrons. The molecule has 0 fully saturated rings. The van der Waals surface area contributed by atoms with Crippen LogP contribution in [0.5, 0.6) is 0 Å². The Balaban J connectivity index is 2.36. The molecule has 1 heterocycles. The summed E-state index contributed by atoms with van der Waals surface area (Å²) in [4.78, 5) is 11.4. The lowest BCUT2D eigenvalue weighted by Gasteiger charge is -2.04. The Hall–Kier alpha value is -1.74. The highest BCUT2D eigenvalue weighted by molar-refractivity contribution is 6.30. The average molecular weight is 247 g/mol. The van der Waals surface area contributed by atoms with Crippen LogP contribution in [0.1, 0.15) is 15.9 Å². The molecule has 0 spiro atoms. The van der Waals surface area contributed by atoms with Gasteiger partial charge in [0.15, 0.2) is 5.78 Å². The molecule has 0 aliphatic carbocycles. The van der Waals surface area contributed by atoms with Crippen LogP contribution in [0.15, 0.2) is 36.5 Å². The van der Waals surface area contributed by atoms with Crippen LogP contribution in [0.3, 0.4) is 0 Å². The maximum atomic E-state index is 11.4. The highest BCUT2D eigenvalue weighted by Gasteiger charge is 2.06. The molecule has 2 aromatic rings. The number of ketones is 1. The number of hydrogen-bond acceptors (Lipinski definition) is 3. The minimum atomic E-state index is -0.0749. The van der Waals surface area contributed by atoms with Gasteiger partial charge in [0.25, 0.3) is 0 Å². The standard InChI is InChI=1S/C13H11ClN2O/c1-9-6-7-15-16-13(9)11-4-2-10(3-5-11)12(17)8-14/h2-7H,8H2,1H3. The normalized spacial score (nSPS) is 10.2. The lowest BCUT2D eigenvalue weighted by molar-refractivity contribution is 0.102. The van der Waals surface area contributed by atoms with Crippen molar-refractivity contribution < 1.29 is 4.79 Å². The van der Waals surface area contributed by atoms with E-state index in [1.807, 2.05) is 25.1 Å². The smallest absolute Gasteiger partial charge is 0.177 e. The number of carbonyl (C=O) groups is 1. The van der Waals surface area contributed by atoms with E-state index >= 15 is 0 Å². The summed E-state index contributed by atoms with van der Waals surface area (Å²) in [6.45, 7) is 1.97. The van der Waals surface area contributed by atoms with Gasteiger partial charge in [-0.15, -0.1) is 11.6 Å². The molecular formula is C13H11ClN2O. The maximum Gasteiger partial charge on any atom is 0.177 e. The first-order valence-corrected chi connectivity index (χ1v) is 5.73. The van der Waals surface area contributed by atoms with Gasteiger partial charge in [-0.1, -0.05) is 24.3 Å². The predicted octanol–water partition coefficient (Wildman–Crippen LogP) is 2.87. The van der Waals surface area contributed by atoms with Crippen LogP contribution >= 0.6 is 11.6 Å². The van der Waals surface area contributed by atoms with Gasteiger partial charge in [0.2, 0.25) is 0 Å². The monoisotopic (exact) mass is 246 g/mol. The number of aromatic nitrogens is 2. The molecule has 0 unspecified atom stereocenters. The average Bonchev–Trinajstić information content (AvgIpc) is 2.39. The van der Waals surface area contributed by atoms with E-state index in [4.69, 9.17) is 11.6 Å². The van der Waals surface area contributed by atoms with Gasteiger partial charge < -0.3 is 0 Å². The molecule has 0 saturated carbocycles. The number of nitrogens with zero attached hydrogens (tertiary/aromatic N) is 2. The summed E-state index contributed by atoms with van der Waals surface area (Å²) in [5.41, 5.74) is 3.45. The zero-order valence-electron chi connectivity index (χ0n) is 9.35. The molecule has 0 aliphatic rings. The summed E-state index contributed by atoms with van der Waals surface area (Å²) >= 11 is 5.50. The van der Waals surface area contributed by atoms with Crippen LogP contribution in [0.4, 0.5) is 0 Å². The fourth-order valence-electron chi connectivity index (χ4n) is 1.57. The van der Waals surface area contributed by atoms with Gasteiger partial charge in [-0.05, 0) is 18.6 Å². The molecule has 3 nitrogen and oxygen atoms in total. The van der Waals surface area contributed by atoms with Crippen molar-refractivity contribution in [2.24, 2.45) is 0 Å². The summed E-state index contributed by atoms with van der Waals surface area (Å²) in [5, 5.41) is 7.94. The Labute approximate surface area is 104 Å². The van der Waals surface area contributed by atoms with Crippen molar-refractivity contribution in [3.05, 3.63) is 47.7 Å². The second-order valence-electron chi connectivity index (χ2n) is 3.70. The van der Waals surface area contributed by atoms with Crippen LogP contribution in [0, 0.1) is 6.92 Å². The minimum Gasteiger partial charge on any atom is -0.293 e. The first-order chi connectivity index (χ1) is 8.22. The Morgan fingerprint density at radius 2 is 1.94 bits per heavy atom. The summed E-state index contributed by atoms with van der Waals surface area (Å²) in [6, 6.07) is 9.14. The third-order valence-electron chi connectivity index (χ3n) is 2.52. The Bertz CT molecular complexity index is 537. The van der Waals surface area contributed by atoms with Gasteiger partial charge in [-0.25, -0.2) is 0 Å². The molecule has 17 heavy (non-hydrogen) atoms. The highest BCUT2D eigenvalue weighted by Crippen LogP contribution is 2.20. The first kappa shape index (κ1) is 11.7. The van der Waals surface area contributed by atoms with Gasteiger partial charge in [0.1, 0.15) is 0 Å². The van der Waals surface area contributed by atoms with Crippen molar-refractivity contribution in [2.45, 2.75) is 6.92 Å². The van der Waals surface area contributed by atoms with E-state index in [1.165, 1.54) is 0 Å². The first-order valence-electron chi connectivity index (χ1n) is 5.20. The van der Waals surface area contributed by atoms with Crippen molar-refractivity contribution in [2.75, 3.05) is 5.88 Å². The van der Waals surface area contributed by atoms with Crippen LogP contribution in [0.2, 0.25) is 0 Å². The van der Waals surface area contributed by atoms with Gasteiger partial charge in [-0.3, -0.25) is 4.79 Å². The lowest BCUT2D eigenvalue weighted by atomic mass is 10.0. The lowest BCUT2D eigenvalue weighted by Crippen LogP contribution is -1.99. The predicted molar refractivity (Wildman–Crippen MR) is 67.3 cm³/mol. The molecule has 0 radical (unpaired) electrons. The van der Waals surface area contributed by atoms with Crippen LogP contribution in [-0.2, 0) is 0 Å². The largest absolute Gasteiger partial charge is 0.293 e. The summed E-state index contributed by atoms with van der Waals surface area (Å²) in [7, 11) is 0. The van der Waals surface area contributed by atoms with Crippen molar-refractivity contribution in [1.29, 1.82) is 0 Å². The molecule has 0 amide bonds. The number of halogens is 1.